The van der Waals surface area contributed by atoms with Gasteiger partial charge in [0.25, 0.3) is 5.56 Å². The smallest absolute Gasteiger partial charge is 0.278 e. The van der Waals surface area contributed by atoms with E-state index in [1.165, 1.54) is 4.68 Å². The molecule has 1 aliphatic heterocycles. The summed E-state index contributed by atoms with van der Waals surface area (Å²) in [6, 6.07) is 13.2. The minimum atomic E-state index is -0.221. The number of ether oxygens (including phenoxy) is 2. The fourth-order valence-corrected chi connectivity index (χ4v) is 3.80. The van der Waals surface area contributed by atoms with Crippen LogP contribution in [0.1, 0.15) is 11.1 Å². The molecule has 4 rings (SSSR count). The van der Waals surface area contributed by atoms with Gasteiger partial charge in [0.1, 0.15) is 22.9 Å². The molecular formula is C22H24N4O4. The summed E-state index contributed by atoms with van der Waals surface area (Å²) in [6.45, 7) is -0.0480. The first-order chi connectivity index (χ1) is 14.6. The summed E-state index contributed by atoms with van der Waals surface area (Å²) in [5.41, 5.74) is 3.59. The van der Waals surface area contributed by atoms with Crippen molar-refractivity contribution in [3.05, 3.63) is 63.9 Å². The van der Waals surface area contributed by atoms with Gasteiger partial charge in [-0.15, -0.1) is 0 Å². The molecule has 0 atom stereocenters. The quantitative estimate of drug-likeness (QED) is 0.627. The van der Waals surface area contributed by atoms with Crippen molar-refractivity contribution in [2.45, 2.75) is 13.0 Å². The van der Waals surface area contributed by atoms with Gasteiger partial charge in [-0.1, -0.05) is 18.2 Å². The van der Waals surface area contributed by atoms with Gasteiger partial charge in [0.15, 0.2) is 0 Å². The molecule has 2 heterocycles. The molecule has 2 N–H and O–H groups in total. The molecule has 30 heavy (non-hydrogen) atoms. The Hall–Kier alpha value is -3.52. The molecule has 0 amide bonds. The number of methoxy groups -OCH3 is 2. The normalized spacial score (nSPS) is 12.5. The van der Waals surface area contributed by atoms with E-state index in [2.05, 4.69) is 5.32 Å². The number of aromatic nitrogens is 2. The largest absolute Gasteiger partial charge is 0.497 e. The predicted octanol–water partition coefficient (Wildman–Crippen LogP) is 2.37. The van der Waals surface area contributed by atoms with Crippen LogP contribution in [-0.2, 0) is 13.0 Å². The molecule has 0 saturated carbocycles. The molecule has 156 valence electrons. The lowest BCUT2D eigenvalue weighted by molar-refractivity contribution is 0.262. The molecule has 0 aliphatic carbocycles. The predicted molar refractivity (Wildman–Crippen MR) is 116 cm³/mol. The third-order valence-corrected chi connectivity index (χ3v) is 5.16. The monoisotopic (exact) mass is 408 g/mol. The van der Waals surface area contributed by atoms with Crippen LogP contribution >= 0.6 is 0 Å². The number of benzene rings is 2. The van der Waals surface area contributed by atoms with Gasteiger partial charge >= 0.3 is 0 Å². The Morgan fingerprint density at radius 3 is 2.43 bits per heavy atom. The first kappa shape index (κ1) is 19.8. The fourth-order valence-electron chi connectivity index (χ4n) is 3.80. The van der Waals surface area contributed by atoms with Crippen LogP contribution in [0.15, 0.2) is 52.3 Å². The molecule has 1 aliphatic rings. The van der Waals surface area contributed by atoms with Gasteiger partial charge in [0.2, 0.25) is 0 Å². The van der Waals surface area contributed by atoms with Crippen LogP contribution in [0.4, 0.5) is 11.5 Å². The summed E-state index contributed by atoms with van der Waals surface area (Å²) >= 11 is 0. The van der Waals surface area contributed by atoms with Gasteiger partial charge in [-0.2, -0.15) is 0 Å². The number of para-hydroxylation sites is 1. The maximum Gasteiger partial charge on any atom is 0.278 e. The Morgan fingerprint density at radius 2 is 1.83 bits per heavy atom. The molecule has 0 unspecified atom stereocenters. The lowest BCUT2D eigenvalue weighted by Crippen LogP contribution is -2.26. The van der Waals surface area contributed by atoms with E-state index in [0.717, 1.165) is 11.3 Å². The third kappa shape index (κ3) is 3.25. The molecule has 0 bridgehead atoms. The average molecular weight is 408 g/mol. The van der Waals surface area contributed by atoms with Crippen molar-refractivity contribution < 1.29 is 14.6 Å². The van der Waals surface area contributed by atoms with Crippen LogP contribution in [0, 0.1) is 0 Å². The number of nitrogens with one attached hydrogen (secondary N) is 1. The number of hydrogen-bond donors (Lipinski definition) is 2. The van der Waals surface area contributed by atoms with Crippen LogP contribution in [0.2, 0.25) is 0 Å². The molecule has 0 saturated heterocycles. The maximum atomic E-state index is 13.4. The van der Waals surface area contributed by atoms with E-state index in [4.69, 9.17) is 14.5 Å². The number of aliphatic imine (C=N–C) groups is 1. The van der Waals surface area contributed by atoms with Crippen LogP contribution in [0.5, 0.6) is 11.5 Å². The molecule has 8 heteroatoms. The Labute approximate surface area is 174 Å². The molecular weight excluding hydrogens is 384 g/mol. The molecule has 1 aromatic heterocycles. The first-order valence-corrected chi connectivity index (χ1v) is 9.65. The summed E-state index contributed by atoms with van der Waals surface area (Å²) in [5.74, 6) is 1.78. The van der Waals surface area contributed by atoms with Crippen LogP contribution < -0.4 is 20.3 Å². The highest BCUT2D eigenvalue weighted by molar-refractivity contribution is 6.09. The summed E-state index contributed by atoms with van der Waals surface area (Å²) in [5, 5.41) is 12.8. The standard InChI is InChI=1S/C22H24N4O4/c1-23-21-20(19-10-14-6-4-5-7-18(14)24-19)22(28)25(8-9-27)26(21)15-11-16(29-2)13-17(12-15)30-3/h4-7,11-13,23,27H,8-10H2,1-3H3. The van der Waals surface area contributed by atoms with Crippen molar-refractivity contribution in [2.75, 3.05) is 33.2 Å². The van der Waals surface area contributed by atoms with E-state index in [0.29, 0.717) is 40.7 Å². The van der Waals surface area contributed by atoms with Crippen molar-refractivity contribution in [2.24, 2.45) is 4.99 Å². The third-order valence-electron chi connectivity index (χ3n) is 5.16. The van der Waals surface area contributed by atoms with E-state index in [-0.39, 0.29) is 18.7 Å². The fraction of sp³-hybridized carbons (Fsp3) is 0.273. The van der Waals surface area contributed by atoms with E-state index >= 15 is 0 Å². The zero-order chi connectivity index (χ0) is 21.3. The van der Waals surface area contributed by atoms with E-state index in [1.807, 2.05) is 36.4 Å². The number of aliphatic hydroxyl groups excluding tert-OH is 1. The summed E-state index contributed by atoms with van der Waals surface area (Å²) in [7, 11) is 4.91. The summed E-state index contributed by atoms with van der Waals surface area (Å²) in [4.78, 5) is 18.1. The van der Waals surface area contributed by atoms with E-state index in [9.17, 15) is 9.90 Å². The molecule has 2 aromatic carbocycles. The summed E-state index contributed by atoms with van der Waals surface area (Å²) < 4.78 is 14.0. The van der Waals surface area contributed by atoms with Crippen LogP contribution in [0.25, 0.3) is 5.69 Å². The second-order valence-electron chi connectivity index (χ2n) is 6.87. The average Bonchev–Trinajstić information content (AvgIpc) is 3.32. The second kappa shape index (κ2) is 8.08. The minimum Gasteiger partial charge on any atom is -0.497 e. The van der Waals surface area contributed by atoms with Crippen LogP contribution in [0.3, 0.4) is 0 Å². The highest BCUT2D eigenvalue weighted by atomic mass is 16.5. The number of rotatable bonds is 7. The van der Waals surface area contributed by atoms with Crippen molar-refractivity contribution >= 4 is 17.2 Å². The van der Waals surface area contributed by atoms with Gasteiger partial charge in [0, 0.05) is 31.7 Å². The molecule has 0 spiro atoms. The summed E-state index contributed by atoms with van der Waals surface area (Å²) in [6.07, 6.45) is 0.574. The molecule has 8 nitrogen and oxygen atoms in total. The zero-order valence-corrected chi connectivity index (χ0v) is 17.2. The Balaban J connectivity index is 1.95. The van der Waals surface area contributed by atoms with Gasteiger partial charge in [-0.3, -0.25) is 9.79 Å². The van der Waals surface area contributed by atoms with Gasteiger partial charge < -0.3 is 19.9 Å². The van der Waals surface area contributed by atoms with Crippen molar-refractivity contribution in [3.63, 3.8) is 0 Å². The first-order valence-electron chi connectivity index (χ1n) is 9.65. The number of hydrogen-bond acceptors (Lipinski definition) is 6. The topological polar surface area (TPSA) is 90.0 Å². The zero-order valence-electron chi connectivity index (χ0n) is 17.2. The molecule has 0 fully saturated rings. The number of nitrogens with zero attached hydrogens (tertiary/aromatic N) is 3. The van der Waals surface area contributed by atoms with Gasteiger partial charge in [-0.25, -0.2) is 9.36 Å². The van der Waals surface area contributed by atoms with Crippen molar-refractivity contribution in [3.8, 4) is 17.2 Å². The van der Waals surface area contributed by atoms with Crippen molar-refractivity contribution in [1.82, 2.24) is 9.36 Å². The Bertz CT molecular complexity index is 1150. The SMILES string of the molecule is CNc1c(C2=Nc3ccccc3C2)c(=O)n(CCO)n1-c1cc(OC)cc(OC)c1. The van der Waals surface area contributed by atoms with Gasteiger partial charge in [-0.05, 0) is 11.6 Å². The lowest BCUT2D eigenvalue weighted by Gasteiger charge is -2.16. The van der Waals surface area contributed by atoms with E-state index in [1.54, 1.807) is 32.0 Å². The lowest BCUT2D eigenvalue weighted by atomic mass is 10.1. The number of aliphatic hydroxyl groups is 1. The highest BCUT2D eigenvalue weighted by Gasteiger charge is 2.27. The maximum absolute atomic E-state index is 13.4. The second-order valence-corrected chi connectivity index (χ2v) is 6.87. The van der Waals surface area contributed by atoms with Crippen LogP contribution in [-0.4, -0.2) is 48.1 Å². The Morgan fingerprint density at radius 1 is 1.13 bits per heavy atom. The Kier molecular flexibility index (Phi) is 5.33. The van der Waals surface area contributed by atoms with E-state index < -0.39 is 0 Å². The van der Waals surface area contributed by atoms with Gasteiger partial charge in [0.05, 0.1) is 44.5 Å². The molecule has 3 aromatic rings. The van der Waals surface area contributed by atoms with Crippen molar-refractivity contribution in [1.29, 1.82) is 0 Å². The minimum absolute atomic E-state index is 0.132. The molecule has 0 radical (unpaired) electrons. The highest BCUT2D eigenvalue weighted by Crippen LogP contribution is 2.32. The number of fused-ring (bicyclic) bond motifs is 1. The number of anilines is 1.